The molecule has 0 bridgehead atoms. The van der Waals surface area contributed by atoms with E-state index in [1.54, 1.807) is 14.0 Å². The van der Waals surface area contributed by atoms with Gasteiger partial charge in [-0.2, -0.15) is 5.26 Å². The molecule has 8 heteroatoms. The Labute approximate surface area is 183 Å². The molecule has 0 saturated carbocycles. The summed E-state index contributed by atoms with van der Waals surface area (Å²) in [6.07, 6.45) is 0. The number of hydrogen-bond donors (Lipinski definition) is 1. The topological polar surface area (TPSA) is 92.8 Å². The quantitative estimate of drug-likeness (QED) is 0.602. The first-order valence-electron chi connectivity index (χ1n) is 10.1. The normalized spacial score (nSPS) is 14.3. The number of carbonyl (C=O) groups is 1. The van der Waals surface area contributed by atoms with Crippen LogP contribution in [0.3, 0.4) is 0 Å². The van der Waals surface area contributed by atoms with E-state index in [1.165, 1.54) is 11.8 Å². The van der Waals surface area contributed by atoms with Crippen molar-refractivity contribution in [3.05, 3.63) is 24.3 Å². The van der Waals surface area contributed by atoms with E-state index in [-0.39, 0.29) is 11.8 Å². The Morgan fingerprint density at radius 3 is 2.37 bits per heavy atom. The molecule has 0 unspecified atom stereocenters. The highest BCUT2D eigenvalue weighted by Crippen LogP contribution is 2.29. The zero-order valence-electron chi connectivity index (χ0n) is 18.8. The van der Waals surface area contributed by atoms with Gasteiger partial charge in [0.15, 0.2) is 11.0 Å². The summed E-state index contributed by atoms with van der Waals surface area (Å²) in [6.45, 7) is 12.4. The second-order valence-corrected chi connectivity index (χ2v) is 9.57. The molecule has 1 aromatic heterocycles. The first-order valence-corrected chi connectivity index (χ1v) is 11.0. The zero-order chi connectivity index (χ0) is 22.5. The third kappa shape index (κ3) is 5.54. The molecule has 0 saturated heterocycles. The number of aromatic nitrogens is 3. The van der Waals surface area contributed by atoms with Crippen molar-refractivity contribution in [2.75, 3.05) is 7.11 Å². The van der Waals surface area contributed by atoms with Crippen molar-refractivity contribution in [2.45, 2.75) is 64.0 Å². The van der Waals surface area contributed by atoms with E-state index in [1.807, 2.05) is 49.6 Å². The summed E-state index contributed by atoms with van der Waals surface area (Å²) in [5, 5.41) is 21.4. The van der Waals surface area contributed by atoms with Crippen LogP contribution < -0.4 is 10.1 Å². The van der Waals surface area contributed by atoms with Gasteiger partial charge in [-0.3, -0.25) is 4.79 Å². The molecule has 7 nitrogen and oxygen atoms in total. The number of nitrogens with zero attached hydrogens (tertiary/aromatic N) is 4. The third-order valence-electron chi connectivity index (χ3n) is 5.03. The van der Waals surface area contributed by atoms with Crippen molar-refractivity contribution < 1.29 is 9.53 Å². The minimum atomic E-state index is -0.911. The highest BCUT2D eigenvalue weighted by atomic mass is 32.2. The van der Waals surface area contributed by atoms with Crippen LogP contribution >= 0.6 is 11.8 Å². The van der Waals surface area contributed by atoms with Gasteiger partial charge in [0.05, 0.1) is 18.4 Å². The number of hydrogen-bond acceptors (Lipinski definition) is 6. The summed E-state index contributed by atoms with van der Waals surface area (Å²) in [7, 11) is 1.63. The lowest BCUT2D eigenvalue weighted by atomic mass is 9.90. The van der Waals surface area contributed by atoms with E-state index < -0.39 is 10.8 Å². The molecule has 2 rings (SSSR count). The van der Waals surface area contributed by atoms with Crippen molar-refractivity contribution in [2.24, 2.45) is 11.8 Å². The van der Waals surface area contributed by atoms with Gasteiger partial charge in [0.25, 0.3) is 0 Å². The highest BCUT2D eigenvalue weighted by molar-refractivity contribution is 8.00. The molecule has 1 N–H and O–H groups in total. The molecule has 0 aliphatic rings. The van der Waals surface area contributed by atoms with E-state index in [2.05, 4.69) is 35.4 Å². The largest absolute Gasteiger partial charge is 0.497 e. The number of ether oxygens (including phenoxy) is 1. The maximum Gasteiger partial charge on any atom is 0.234 e. The van der Waals surface area contributed by atoms with Crippen LogP contribution in [-0.4, -0.2) is 38.6 Å². The minimum Gasteiger partial charge on any atom is -0.497 e. The Bertz CT molecular complexity index is 901. The van der Waals surface area contributed by atoms with Crippen LogP contribution in [0.2, 0.25) is 0 Å². The second kappa shape index (κ2) is 9.98. The van der Waals surface area contributed by atoms with E-state index in [4.69, 9.17) is 4.74 Å². The molecule has 0 fully saturated rings. The van der Waals surface area contributed by atoms with Crippen LogP contribution in [-0.2, 0) is 11.3 Å². The standard InChI is InChI=1S/C22H31N5O2S/c1-14(2)12-27-19(17-8-10-18(29-7)11-9-17)25-26-21(27)30-16(5)20(28)24-22(6,13-23)15(3)4/h8-11,14-16H,12H2,1-7H3,(H,24,28)/t16-,22+/m0/s1. The first kappa shape index (κ1) is 23.7. The van der Waals surface area contributed by atoms with Gasteiger partial charge in [-0.25, -0.2) is 0 Å². The summed E-state index contributed by atoms with van der Waals surface area (Å²) in [5.74, 6) is 1.71. The predicted molar refractivity (Wildman–Crippen MR) is 119 cm³/mol. The van der Waals surface area contributed by atoms with Gasteiger partial charge >= 0.3 is 0 Å². The molecular weight excluding hydrogens is 398 g/mol. The van der Waals surface area contributed by atoms with Crippen LogP contribution in [0.25, 0.3) is 11.4 Å². The number of benzene rings is 1. The van der Waals surface area contributed by atoms with E-state index in [0.717, 1.165) is 23.7 Å². The Balaban J connectivity index is 2.27. The summed E-state index contributed by atoms with van der Waals surface area (Å²) in [5.41, 5.74) is 0.0240. The van der Waals surface area contributed by atoms with Crippen LogP contribution in [0, 0.1) is 23.2 Å². The summed E-state index contributed by atoms with van der Waals surface area (Å²) in [6, 6.07) is 9.89. The Morgan fingerprint density at radius 1 is 1.23 bits per heavy atom. The lowest BCUT2D eigenvalue weighted by Crippen LogP contribution is -2.51. The van der Waals surface area contributed by atoms with Crippen molar-refractivity contribution in [3.63, 3.8) is 0 Å². The first-order chi connectivity index (χ1) is 14.1. The van der Waals surface area contributed by atoms with Crippen molar-refractivity contribution in [3.8, 4) is 23.2 Å². The minimum absolute atomic E-state index is 0.00471. The molecule has 162 valence electrons. The van der Waals surface area contributed by atoms with Crippen LogP contribution in [0.15, 0.2) is 29.4 Å². The van der Waals surface area contributed by atoms with Gasteiger partial charge in [-0.1, -0.05) is 39.5 Å². The molecule has 0 spiro atoms. The number of methoxy groups -OCH3 is 1. The Morgan fingerprint density at radius 2 is 1.87 bits per heavy atom. The Kier molecular flexibility index (Phi) is 7.90. The maximum atomic E-state index is 12.8. The van der Waals surface area contributed by atoms with Crippen molar-refractivity contribution >= 4 is 17.7 Å². The summed E-state index contributed by atoms with van der Waals surface area (Å²) < 4.78 is 7.28. The number of rotatable bonds is 9. The third-order valence-corrected chi connectivity index (χ3v) is 6.11. The van der Waals surface area contributed by atoms with Crippen LogP contribution in [0.4, 0.5) is 0 Å². The van der Waals surface area contributed by atoms with E-state index in [0.29, 0.717) is 11.1 Å². The van der Waals surface area contributed by atoms with Gasteiger partial charge in [-0.15, -0.1) is 10.2 Å². The fourth-order valence-corrected chi connectivity index (χ4v) is 3.59. The number of nitrogens with one attached hydrogen (secondary N) is 1. The molecule has 0 radical (unpaired) electrons. The Hall–Kier alpha value is -2.53. The molecule has 2 aromatic rings. The molecular formula is C22H31N5O2S. The molecule has 1 amide bonds. The van der Waals surface area contributed by atoms with Crippen molar-refractivity contribution in [1.29, 1.82) is 5.26 Å². The number of amides is 1. The van der Waals surface area contributed by atoms with E-state index in [9.17, 15) is 10.1 Å². The van der Waals surface area contributed by atoms with Gasteiger partial charge in [-0.05, 0) is 49.9 Å². The van der Waals surface area contributed by atoms with Gasteiger partial charge in [0.1, 0.15) is 11.3 Å². The molecule has 2 atom stereocenters. The average Bonchev–Trinajstić information content (AvgIpc) is 3.09. The van der Waals surface area contributed by atoms with Gasteiger partial charge in [0.2, 0.25) is 5.91 Å². The van der Waals surface area contributed by atoms with Crippen LogP contribution in [0.5, 0.6) is 5.75 Å². The number of nitriles is 1. The summed E-state index contributed by atoms with van der Waals surface area (Å²) in [4.78, 5) is 12.8. The fraction of sp³-hybridized carbons (Fsp3) is 0.545. The number of carbonyl (C=O) groups excluding carboxylic acids is 1. The van der Waals surface area contributed by atoms with Crippen molar-refractivity contribution in [1.82, 2.24) is 20.1 Å². The fourth-order valence-electron chi connectivity index (χ4n) is 2.73. The monoisotopic (exact) mass is 429 g/mol. The molecule has 1 aromatic carbocycles. The zero-order valence-corrected chi connectivity index (χ0v) is 19.6. The van der Waals surface area contributed by atoms with Gasteiger partial charge < -0.3 is 14.6 Å². The molecule has 1 heterocycles. The van der Waals surface area contributed by atoms with Gasteiger partial charge in [0, 0.05) is 12.1 Å². The smallest absolute Gasteiger partial charge is 0.234 e. The average molecular weight is 430 g/mol. The predicted octanol–water partition coefficient (Wildman–Crippen LogP) is 4.14. The highest BCUT2D eigenvalue weighted by Gasteiger charge is 2.32. The number of thioether (sulfide) groups is 1. The van der Waals surface area contributed by atoms with E-state index >= 15 is 0 Å². The molecule has 0 aliphatic carbocycles. The summed E-state index contributed by atoms with van der Waals surface area (Å²) >= 11 is 1.35. The lowest BCUT2D eigenvalue weighted by Gasteiger charge is -2.28. The maximum absolute atomic E-state index is 12.8. The molecule has 30 heavy (non-hydrogen) atoms. The molecule has 0 aliphatic heterocycles. The van der Waals surface area contributed by atoms with Crippen LogP contribution in [0.1, 0.15) is 41.5 Å². The SMILES string of the molecule is COc1ccc(-c2nnc(S[C@@H](C)C(=O)N[C@](C)(C#N)C(C)C)n2CC(C)C)cc1. The lowest BCUT2D eigenvalue weighted by molar-refractivity contribution is -0.121. The second-order valence-electron chi connectivity index (χ2n) is 8.26.